The minimum Gasteiger partial charge on any atom is -0.481 e. The molecule has 1 fully saturated rings. The number of carbonyl (C=O) groups excluding carboxylic acids is 4. The van der Waals surface area contributed by atoms with Crippen molar-refractivity contribution in [2.24, 2.45) is 0 Å². The second-order valence-electron chi connectivity index (χ2n) is 16.9. The van der Waals surface area contributed by atoms with E-state index in [0.29, 0.717) is 36.6 Å². The zero-order valence-electron chi connectivity index (χ0n) is 37.4. The van der Waals surface area contributed by atoms with Crippen molar-refractivity contribution in [1.82, 2.24) is 18.4 Å². The van der Waals surface area contributed by atoms with Crippen molar-refractivity contribution in [3.8, 4) is 0 Å². The molecule has 22 heteroatoms. The van der Waals surface area contributed by atoms with Gasteiger partial charge in [-0.15, -0.1) is 0 Å². The number of pyridine rings is 1. The molecule has 6 aromatic rings. The summed E-state index contributed by atoms with van der Waals surface area (Å²) in [5, 5.41) is 10.3. The van der Waals surface area contributed by atoms with Gasteiger partial charge in [0, 0.05) is 74.0 Å². The number of nitrogen functional groups attached to an aromatic ring is 1. The third kappa shape index (κ3) is 9.24. The van der Waals surface area contributed by atoms with Crippen molar-refractivity contribution in [3.63, 3.8) is 0 Å². The fraction of sp³-hybridized carbons (Fsp3) is 0.277. The van der Waals surface area contributed by atoms with E-state index in [4.69, 9.17) is 5.73 Å². The molecule has 19 nitrogen and oxygen atoms in total. The number of aliphatic carboxylic acids is 1. The van der Waals surface area contributed by atoms with E-state index >= 15 is 0 Å². The molecule has 2 aliphatic rings. The lowest BCUT2D eigenvalue weighted by atomic mass is 9.91. The molecule has 0 bridgehead atoms. The molecule has 360 valence electrons. The van der Waals surface area contributed by atoms with Gasteiger partial charge in [0.2, 0.25) is 27.0 Å². The number of aromatic nitrogens is 1. The number of piperazine rings is 1. The summed E-state index contributed by atoms with van der Waals surface area (Å²) in [5.41, 5.74) is 7.92. The number of nitrogens with zero attached hydrogens (tertiary/aromatic N) is 5. The number of aryl methyl sites for hydroxylation is 3. The van der Waals surface area contributed by atoms with E-state index in [1.165, 1.54) is 33.5 Å². The minimum absolute atomic E-state index is 0.0152. The molecule has 4 N–H and O–H groups in total. The number of anilines is 1. The molecule has 3 heterocycles. The van der Waals surface area contributed by atoms with E-state index in [-0.39, 0.29) is 95.8 Å². The summed E-state index contributed by atoms with van der Waals surface area (Å²) in [5.74, 6) is -4.74. The molecule has 5 aromatic carbocycles. The van der Waals surface area contributed by atoms with Crippen LogP contribution < -0.4 is 10.3 Å². The normalized spacial score (nSPS) is 14.8. The summed E-state index contributed by atoms with van der Waals surface area (Å²) < 4.78 is 94.0. The second-order valence-corrected chi connectivity index (χ2v) is 22.3. The maximum Gasteiger partial charge on any atom is 0.303 e. The smallest absolute Gasteiger partial charge is 0.303 e. The fourth-order valence-corrected chi connectivity index (χ4v) is 12.6. The van der Waals surface area contributed by atoms with Crippen LogP contribution in [-0.2, 0) is 46.3 Å². The van der Waals surface area contributed by atoms with Crippen LogP contribution >= 0.6 is 0 Å². The molecule has 69 heavy (non-hydrogen) atoms. The summed E-state index contributed by atoms with van der Waals surface area (Å²) >= 11 is 0. The van der Waals surface area contributed by atoms with Crippen LogP contribution in [0.25, 0.3) is 32.6 Å². The molecule has 0 spiro atoms. The first-order chi connectivity index (χ1) is 32.6. The number of hydrogen-bond acceptors (Lipinski definition) is 12. The van der Waals surface area contributed by atoms with Crippen LogP contribution in [0.5, 0.6) is 0 Å². The van der Waals surface area contributed by atoms with Crippen LogP contribution in [0.4, 0.5) is 5.69 Å². The molecule has 1 saturated heterocycles. The highest BCUT2D eigenvalue weighted by Crippen LogP contribution is 2.38. The molecule has 0 atom stereocenters. The summed E-state index contributed by atoms with van der Waals surface area (Å²) in [6.45, 7) is 2.16. The predicted molar refractivity (Wildman–Crippen MR) is 253 cm³/mol. The predicted octanol–water partition coefficient (Wildman–Crippen LogP) is 3.74. The number of nitrogens with two attached hydrogens (primary N) is 1. The Kier molecular flexibility index (Phi) is 13.1. The SMILES string of the molecule is Cc1ccc(S(=O)(=O)N(CCCC(=O)O)C(=O)c2c3ccccc3[n+](CCCS(=O)(=O)N3CCN(C(=O)CN4C(=O)c5cc(C)cc6c(N)c(S(=O)(=O)O)cc(c56)C4=O)CC3)c3ccccc23)cc1. The Morgan fingerprint density at radius 2 is 1.32 bits per heavy atom. The van der Waals surface area contributed by atoms with Crippen LogP contribution in [0.1, 0.15) is 61.5 Å². The van der Waals surface area contributed by atoms with Gasteiger partial charge in [0.1, 0.15) is 11.4 Å². The van der Waals surface area contributed by atoms with Crippen molar-refractivity contribution in [2.45, 2.75) is 49.4 Å². The van der Waals surface area contributed by atoms with Gasteiger partial charge >= 0.3 is 5.97 Å². The van der Waals surface area contributed by atoms with E-state index < -0.39 is 77.7 Å². The van der Waals surface area contributed by atoms with Gasteiger partial charge in [0.05, 0.1) is 38.2 Å². The Balaban J connectivity index is 0.978. The Morgan fingerprint density at radius 1 is 0.739 bits per heavy atom. The number of sulfonamides is 2. The summed E-state index contributed by atoms with van der Waals surface area (Å²) in [7, 11) is -13.3. The molecule has 0 aliphatic carbocycles. The van der Waals surface area contributed by atoms with Crippen molar-refractivity contribution < 1.29 is 63.5 Å². The topological polar surface area (TPSA) is 271 Å². The van der Waals surface area contributed by atoms with Crippen LogP contribution in [0.2, 0.25) is 0 Å². The molecular formula is C47H47N6O13S3+. The largest absolute Gasteiger partial charge is 0.481 e. The molecule has 0 unspecified atom stereocenters. The van der Waals surface area contributed by atoms with E-state index in [1.54, 1.807) is 74.5 Å². The molecular weight excluding hydrogens is 953 g/mol. The first kappa shape index (κ1) is 48.6. The number of rotatable bonds is 15. The average molecular weight is 1000 g/mol. The van der Waals surface area contributed by atoms with Crippen molar-refractivity contribution in [1.29, 1.82) is 0 Å². The third-order valence-corrected chi connectivity index (χ3v) is 17.1. The number of carboxylic acid groups (broad SMARTS) is 1. The zero-order chi connectivity index (χ0) is 49.7. The summed E-state index contributed by atoms with van der Waals surface area (Å²) in [6, 6.07) is 23.5. The Labute approximate surface area is 397 Å². The maximum absolute atomic E-state index is 14.7. The zero-order valence-corrected chi connectivity index (χ0v) is 39.8. The van der Waals surface area contributed by atoms with Crippen molar-refractivity contribution in [3.05, 3.63) is 119 Å². The molecule has 4 amide bonds. The standard InChI is InChI=1S/C47H46N6O13S3/c1-29-14-16-31(17-15-29)68(62,63)53(19-7-13-41(55)56)47(59)43-32-9-3-5-11-37(32)51(38-12-6-4-10-33(38)43)18-8-24-67(60,61)50-22-20-49(21-23-50)40(54)28-52-45(57)35-26-30(2)25-34-42(35)36(46(52)58)27-39(44(34)48)69(64,65)66/h3-6,9-12,14-17,25-27H,7-8,13,18-24,28H2,1-2H3,(H3-,48,55,56,57,58,64,65,66)/p+1. The number of para-hydroxylation sites is 2. The van der Waals surface area contributed by atoms with E-state index in [2.05, 4.69) is 0 Å². The van der Waals surface area contributed by atoms with Gasteiger partial charge in [-0.25, -0.2) is 21.1 Å². The highest BCUT2D eigenvalue weighted by molar-refractivity contribution is 7.89. The van der Waals surface area contributed by atoms with E-state index in [0.717, 1.165) is 11.6 Å². The number of carboxylic acids is 1. The van der Waals surface area contributed by atoms with Gasteiger partial charge in [-0.3, -0.25) is 33.4 Å². The van der Waals surface area contributed by atoms with Crippen LogP contribution in [0.3, 0.4) is 0 Å². The highest BCUT2D eigenvalue weighted by atomic mass is 32.2. The van der Waals surface area contributed by atoms with Crippen molar-refractivity contribution in [2.75, 3.05) is 50.8 Å². The van der Waals surface area contributed by atoms with E-state index in [9.17, 15) is 58.9 Å². The quantitative estimate of drug-likeness (QED) is 0.0435. The van der Waals surface area contributed by atoms with Gasteiger partial charge in [-0.1, -0.05) is 42.0 Å². The monoisotopic (exact) mass is 999 g/mol. The van der Waals surface area contributed by atoms with Gasteiger partial charge in [-0.05, 0) is 68.3 Å². The number of carbonyl (C=O) groups is 5. The Bertz CT molecular complexity index is 3450. The number of benzene rings is 5. The lowest BCUT2D eigenvalue weighted by Crippen LogP contribution is -2.54. The number of hydrogen-bond donors (Lipinski definition) is 3. The summed E-state index contributed by atoms with van der Waals surface area (Å²) in [4.78, 5) is 68.4. The third-order valence-electron chi connectivity index (χ3n) is 12.4. The minimum atomic E-state index is -4.89. The molecule has 1 aromatic heterocycles. The number of imide groups is 1. The van der Waals surface area contributed by atoms with Crippen LogP contribution in [-0.4, -0.2) is 128 Å². The Hall–Kier alpha value is -6.85. The van der Waals surface area contributed by atoms with Crippen LogP contribution in [0, 0.1) is 13.8 Å². The first-order valence-corrected chi connectivity index (χ1v) is 26.2. The first-order valence-electron chi connectivity index (χ1n) is 21.7. The van der Waals surface area contributed by atoms with Gasteiger partial charge < -0.3 is 15.7 Å². The Morgan fingerprint density at radius 3 is 1.90 bits per heavy atom. The van der Waals surface area contributed by atoms with E-state index in [1.807, 2.05) is 4.57 Å². The maximum atomic E-state index is 14.7. The average Bonchev–Trinajstić information content (AvgIpc) is 3.30. The van der Waals surface area contributed by atoms with Crippen molar-refractivity contribution >= 4 is 98.0 Å². The van der Waals surface area contributed by atoms with Gasteiger partial charge in [0.25, 0.3) is 37.9 Å². The summed E-state index contributed by atoms with van der Waals surface area (Å²) in [6.07, 6.45) is -0.406. The molecule has 0 radical (unpaired) electrons. The molecule has 2 aliphatic heterocycles. The van der Waals surface area contributed by atoms with Crippen LogP contribution in [0.15, 0.2) is 101 Å². The van der Waals surface area contributed by atoms with Gasteiger partial charge in [0.15, 0.2) is 6.54 Å². The fourth-order valence-electron chi connectivity index (χ4n) is 9.02. The second kappa shape index (κ2) is 18.6. The lowest BCUT2D eigenvalue weighted by molar-refractivity contribution is -0.645. The number of fused-ring (bicyclic) bond motifs is 2. The molecule has 8 rings (SSSR count). The number of amides is 4. The lowest BCUT2D eigenvalue weighted by Gasteiger charge is -2.35. The molecule has 0 saturated carbocycles. The van der Waals surface area contributed by atoms with Gasteiger partial charge in [-0.2, -0.15) is 17.3 Å². The highest BCUT2D eigenvalue weighted by Gasteiger charge is 2.39.